The summed E-state index contributed by atoms with van der Waals surface area (Å²) in [5.74, 6) is 1.77. The van der Waals surface area contributed by atoms with Gasteiger partial charge in [-0.25, -0.2) is 15.0 Å². The molecule has 0 N–H and O–H groups in total. The Balaban J connectivity index is 0.988. The molecule has 65 heavy (non-hydrogen) atoms. The first-order chi connectivity index (χ1) is 32.2. The lowest BCUT2D eigenvalue weighted by molar-refractivity contribution is 0.670. The molecule has 0 spiro atoms. The third-order valence-electron chi connectivity index (χ3n) is 12.3. The van der Waals surface area contributed by atoms with Crippen LogP contribution in [0.4, 0.5) is 0 Å². The van der Waals surface area contributed by atoms with Gasteiger partial charge < -0.3 is 4.42 Å². The Morgan fingerprint density at radius 1 is 0.262 bits per heavy atom. The van der Waals surface area contributed by atoms with Crippen LogP contribution in [-0.2, 0) is 0 Å². The van der Waals surface area contributed by atoms with Gasteiger partial charge in [-0.15, -0.1) is 0 Å². The molecule has 0 saturated carbocycles. The number of rotatable bonds is 8. The summed E-state index contributed by atoms with van der Waals surface area (Å²) in [4.78, 5) is 15.7. The van der Waals surface area contributed by atoms with Gasteiger partial charge in [0.15, 0.2) is 17.5 Å². The van der Waals surface area contributed by atoms with Crippen molar-refractivity contribution >= 4 is 32.7 Å². The molecule has 0 aliphatic heterocycles. The number of hydrogen-bond donors (Lipinski definition) is 0. The number of para-hydroxylation sites is 1. The Kier molecular flexibility index (Phi) is 9.46. The molecule has 0 atom stereocenters. The number of fused-ring (bicyclic) bond motifs is 4. The van der Waals surface area contributed by atoms with E-state index in [1.54, 1.807) is 0 Å². The molecule has 2 aromatic heterocycles. The number of nitrogens with zero attached hydrogens (tertiary/aromatic N) is 3. The summed E-state index contributed by atoms with van der Waals surface area (Å²) < 4.78 is 6.79. The van der Waals surface area contributed by atoms with E-state index >= 15 is 0 Å². The maximum atomic E-state index is 6.79. The number of benzene rings is 10. The Hall–Kier alpha value is -8.73. The summed E-state index contributed by atoms with van der Waals surface area (Å²) in [5, 5.41) is 4.23. The van der Waals surface area contributed by atoms with Crippen LogP contribution in [0.2, 0.25) is 0 Å². The molecule has 0 radical (unpaired) electrons. The third kappa shape index (κ3) is 7.23. The van der Waals surface area contributed by atoms with E-state index in [4.69, 9.17) is 19.4 Å². The highest BCUT2D eigenvalue weighted by atomic mass is 16.3. The number of aromatic nitrogens is 3. The smallest absolute Gasteiger partial charge is 0.164 e. The molecule has 0 unspecified atom stereocenters. The van der Waals surface area contributed by atoms with Gasteiger partial charge in [0.25, 0.3) is 0 Å². The van der Waals surface area contributed by atoms with E-state index in [0.717, 1.165) is 77.2 Å². The van der Waals surface area contributed by atoms with Crippen molar-refractivity contribution in [2.75, 3.05) is 0 Å². The highest BCUT2D eigenvalue weighted by molar-refractivity contribution is 6.15. The van der Waals surface area contributed by atoms with Gasteiger partial charge in [-0.1, -0.05) is 206 Å². The zero-order valence-corrected chi connectivity index (χ0v) is 35.3. The van der Waals surface area contributed by atoms with E-state index in [9.17, 15) is 0 Å². The van der Waals surface area contributed by atoms with Gasteiger partial charge in [-0.05, 0) is 91.2 Å². The first-order valence-electron chi connectivity index (χ1n) is 21.9. The molecule has 2 heterocycles. The van der Waals surface area contributed by atoms with Crippen molar-refractivity contribution in [3.8, 4) is 89.8 Å². The Morgan fingerprint density at radius 2 is 0.677 bits per heavy atom. The second-order valence-electron chi connectivity index (χ2n) is 16.4. The molecule has 0 saturated heterocycles. The molecule has 10 aromatic carbocycles. The van der Waals surface area contributed by atoms with Crippen molar-refractivity contribution in [2.24, 2.45) is 0 Å². The van der Waals surface area contributed by atoms with Crippen LogP contribution in [-0.4, -0.2) is 15.0 Å². The van der Waals surface area contributed by atoms with Crippen LogP contribution < -0.4 is 0 Å². The summed E-state index contributed by atoms with van der Waals surface area (Å²) in [6.07, 6.45) is 0. The summed E-state index contributed by atoms with van der Waals surface area (Å²) in [6.45, 7) is 0. The van der Waals surface area contributed by atoms with Gasteiger partial charge in [-0.3, -0.25) is 0 Å². The molecule has 4 nitrogen and oxygen atoms in total. The Labute approximate surface area is 376 Å². The molecule has 0 amide bonds. The summed E-state index contributed by atoms with van der Waals surface area (Å²) in [6, 6.07) is 82.9. The highest BCUT2D eigenvalue weighted by Gasteiger charge is 2.20. The van der Waals surface area contributed by atoms with Crippen LogP contribution in [0.25, 0.3) is 123 Å². The van der Waals surface area contributed by atoms with Crippen molar-refractivity contribution in [3.05, 3.63) is 237 Å². The fourth-order valence-corrected chi connectivity index (χ4v) is 9.03. The second kappa shape index (κ2) is 16.2. The lowest BCUT2D eigenvalue weighted by Gasteiger charge is -2.11. The predicted octanol–water partition coefficient (Wildman–Crippen LogP) is 16.3. The van der Waals surface area contributed by atoms with Crippen molar-refractivity contribution in [1.82, 2.24) is 15.0 Å². The summed E-state index contributed by atoms with van der Waals surface area (Å²) in [7, 11) is 0. The van der Waals surface area contributed by atoms with Crippen LogP contribution >= 0.6 is 0 Å². The van der Waals surface area contributed by atoms with E-state index in [0.29, 0.717) is 17.5 Å². The Bertz CT molecular complexity index is 3690. The first kappa shape index (κ1) is 38.0. The molecule has 12 aromatic rings. The monoisotopic (exact) mass is 829 g/mol. The maximum Gasteiger partial charge on any atom is 0.164 e. The van der Waals surface area contributed by atoms with Crippen LogP contribution in [0.3, 0.4) is 0 Å². The number of hydrogen-bond acceptors (Lipinski definition) is 4. The fraction of sp³-hybridized carbons (Fsp3) is 0. The van der Waals surface area contributed by atoms with Crippen molar-refractivity contribution in [2.45, 2.75) is 0 Å². The zero-order valence-electron chi connectivity index (χ0n) is 35.3. The van der Waals surface area contributed by atoms with Gasteiger partial charge in [0.05, 0.1) is 0 Å². The summed E-state index contributed by atoms with van der Waals surface area (Å²) >= 11 is 0. The van der Waals surface area contributed by atoms with Crippen LogP contribution in [0.1, 0.15) is 0 Å². The average Bonchev–Trinajstić information content (AvgIpc) is 3.78. The topological polar surface area (TPSA) is 51.8 Å². The van der Waals surface area contributed by atoms with E-state index in [1.165, 1.54) is 27.8 Å². The van der Waals surface area contributed by atoms with Crippen LogP contribution in [0.15, 0.2) is 241 Å². The minimum Gasteiger partial charge on any atom is -0.455 e. The van der Waals surface area contributed by atoms with Gasteiger partial charge in [0.2, 0.25) is 0 Å². The largest absolute Gasteiger partial charge is 0.455 e. The SMILES string of the molecule is c1ccc(-c2cccc(-c3ccc(-c4nc(-c5ccc6cc(-c7ccccc7)ccc6c5)nc(-c5cccc6oc7c(-c8cccc(-c9ccccc9)c8)cccc7c56)n4)cc3)c2)cc1. The molecule has 0 aliphatic rings. The third-order valence-corrected chi connectivity index (χ3v) is 12.3. The van der Waals surface area contributed by atoms with Crippen molar-refractivity contribution < 1.29 is 4.42 Å². The standard InChI is InChI=1S/C61H39N3O/c1-4-14-40(15-5-1)45-20-10-21-46(36-45)43-28-30-44(31-29-43)59-62-60(52-35-34-49-37-48(32-33-50(49)39-52)42-18-8-3-9-19-42)64-61(63-59)55-26-13-27-56-57(55)54-25-12-24-53(58(54)65-56)51-23-11-22-47(38-51)41-16-6-2-7-17-41/h1-39H. The molecule has 0 aliphatic carbocycles. The second-order valence-corrected chi connectivity index (χ2v) is 16.4. The molecule has 12 rings (SSSR count). The molecular weight excluding hydrogens is 791 g/mol. The highest BCUT2D eigenvalue weighted by Crippen LogP contribution is 2.41. The minimum atomic E-state index is 0.578. The van der Waals surface area contributed by atoms with E-state index in [-0.39, 0.29) is 0 Å². The number of furan rings is 1. The van der Waals surface area contributed by atoms with Gasteiger partial charge >= 0.3 is 0 Å². The first-order valence-corrected chi connectivity index (χ1v) is 21.9. The van der Waals surface area contributed by atoms with Crippen LogP contribution in [0, 0.1) is 0 Å². The molecule has 0 fully saturated rings. The normalized spacial score (nSPS) is 11.4. The van der Waals surface area contributed by atoms with E-state index in [2.05, 4.69) is 206 Å². The molecule has 304 valence electrons. The maximum absolute atomic E-state index is 6.79. The minimum absolute atomic E-state index is 0.578. The van der Waals surface area contributed by atoms with E-state index in [1.807, 2.05) is 30.3 Å². The zero-order chi connectivity index (χ0) is 43.1. The summed E-state index contributed by atoms with van der Waals surface area (Å²) in [5.41, 5.74) is 15.7. The predicted molar refractivity (Wildman–Crippen MR) is 268 cm³/mol. The van der Waals surface area contributed by atoms with Gasteiger partial charge in [0.1, 0.15) is 11.2 Å². The van der Waals surface area contributed by atoms with Crippen molar-refractivity contribution in [1.29, 1.82) is 0 Å². The van der Waals surface area contributed by atoms with Crippen molar-refractivity contribution in [3.63, 3.8) is 0 Å². The quantitative estimate of drug-likeness (QED) is 0.153. The molecule has 4 heteroatoms. The van der Waals surface area contributed by atoms with Gasteiger partial charge in [-0.2, -0.15) is 0 Å². The molecule has 0 bridgehead atoms. The molecular formula is C61H39N3O. The average molecular weight is 830 g/mol. The lowest BCUT2D eigenvalue weighted by Crippen LogP contribution is -2.00. The lowest BCUT2D eigenvalue weighted by atomic mass is 9.97. The Morgan fingerprint density at radius 3 is 1.31 bits per heavy atom. The van der Waals surface area contributed by atoms with Gasteiger partial charge in [0, 0.05) is 33.0 Å². The fourth-order valence-electron chi connectivity index (χ4n) is 9.03. The van der Waals surface area contributed by atoms with Crippen LogP contribution in [0.5, 0.6) is 0 Å². The van der Waals surface area contributed by atoms with E-state index < -0.39 is 0 Å².